The molecule has 0 aliphatic heterocycles. The summed E-state index contributed by atoms with van der Waals surface area (Å²) < 4.78 is 10.2. The number of hydrogen-bond donors (Lipinski definition) is 4. The van der Waals surface area contributed by atoms with Crippen LogP contribution in [0.4, 0.5) is 4.79 Å². The lowest BCUT2D eigenvalue weighted by Gasteiger charge is -2.31. The summed E-state index contributed by atoms with van der Waals surface area (Å²) in [6, 6.07) is 0.380. The molecule has 1 fully saturated rings. The lowest BCUT2D eigenvalue weighted by Crippen LogP contribution is -2.48. The van der Waals surface area contributed by atoms with Gasteiger partial charge in [0.2, 0.25) is 5.91 Å². The number of methoxy groups -OCH3 is 1. The van der Waals surface area contributed by atoms with Gasteiger partial charge < -0.3 is 30.7 Å². The highest BCUT2D eigenvalue weighted by molar-refractivity contribution is 5.85. The highest BCUT2D eigenvalue weighted by Crippen LogP contribution is 2.19. The Labute approximate surface area is 168 Å². The van der Waals surface area contributed by atoms with Gasteiger partial charge in [-0.2, -0.15) is 0 Å². The summed E-state index contributed by atoms with van der Waals surface area (Å²) in [6.45, 7) is 9.28. The predicted octanol–water partition coefficient (Wildman–Crippen LogP) is 1.14. The van der Waals surface area contributed by atoms with Gasteiger partial charge >= 0.3 is 6.09 Å². The third-order valence-corrected chi connectivity index (χ3v) is 4.14. The molecule has 0 spiro atoms. The number of carbonyl (C=O) groups is 2. The number of nitrogens with zero attached hydrogens (tertiary/aromatic N) is 1. The van der Waals surface area contributed by atoms with E-state index in [0.29, 0.717) is 25.7 Å². The maximum atomic E-state index is 11.9. The fourth-order valence-corrected chi connectivity index (χ4v) is 2.87. The van der Waals surface area contributed by atoms with Gasteiger partial charge in [0.05, 0.1) is 6.61 Å². The van der Waals surface area contributed by atoms with Crippen LogP contribution in [-0.2, 0) is 14.3 Å². The normalized spacial score (nSPS) is 20.2. The molecule has 2 amide bonds. The molecule has 0 aromatic carbocycles. The summed E-state index contributed by atoms with van der Waals surface area (Å²) in [7, 11) is 1.59. The van der Waals surface area contributed by atoms with Crippen LogP contribution >= 0.6 is 0 Å². The van der Waals surface area contributed by atoms with Gasteiger partial charge in [0.15, 0.2) is 5.96 Å². The standard InChI is InChI=1S/C19H37N5O4/c1-6-20-17(22-13-16(25)21-11-12-27-5)23-14-7-9-15(10-8-14)24-18(26)28-19(2,3)4/h14-15H,6-13H2,1-5H3,(H,21,25)(H,24,26)(H2,20,22,23). The van der Waals surface area contributed by atoms with E-state index >= 15 is 0 Å². The molecule has 162 valence electrons. The van der Waals surface area contributed by atoms with Crippen LogP contribution in [0.25, 0.3) is 0 Å². The Morgan fingerprint density at radius 1 is 1.04 bits per heavy atom. The number of nitrogens with one attached hydrogen (secondary N) is 4. The smallest absolute Gasteiger partial charge is 0.407 e. The van der Waals surface area contributed by atoms with Gasteiger partial charge in [0.1, 0.15) is 12.1 Å². The minimum absolute atomic E-state index is 0.0641. The third-order valence-electron chi connectivity index (χ3n) is 4.14. The van der Waals surface area contributed by atoms with E-state index in [1.54, 1.807) is 7.11 Å². The first kappa shape index (κ1) is 24.0. The van der Waals surface area contributed by atoms with E-state index < -0.39 is 5.60 Å². The van der Waals surface area contributed by atoms with Crippen LogP contribution in [0, 0.1) is 0 Å². The van der Waals surface area contributed by atoms with Crippen LogP contribution in [0.1, 0.15) is 53.4 Å². The Bertz CT molecular complexity index is 511. The Hall–Kier alpha value is -2.03. The molecule has 0 aromatic rings. The molecule has 0 atom stereocenters. The number of hydrogen-bond acceptors (Lipinski definition) is 5. The molecule has 28 heavy (non-hydrogen) atoms. The molecular weight excluding hydrogens is 362 g/mol. The Balaban J connectivity index is 2.39. The zero-order chi connectivity index (χ0) is 21.0. The summed E-state index contributed by atoms with van der Waals surface area (Å²) in [4.78, 5) is 28.0. The van der Waals surface area contributed by atoms with E-state index in [0.717, 1.165) is 25.7 Å². The summed E-state index contributed by atoms with van der Waals surface area (Å²) in [5.41, 5.74) is -0.490. The molecule has 0 bridgehead atoms. The second-order valence-corrected chi connectivity index (χ2v) is 7.88. The molecule has 4 N–H and O–H groups in total. The first-order chi connectivity index (χ1) is 13.2. The van der Waals surface area contributed by atoms with Gasteiger partial charge in [-0.3, -0.25) is 4.79 Å². The van der Waals surface area contributed by atoms with E-state index in [-0.39, 0.29) is 30.6 Å². The first-order valence-corrected chi connectivity index (χ1v) is 10.0. The fourth-order valence-electron chi connectivity index (χ4n) is 2.87. The number of alkyl carbamates (subject to hydrolysis) is 1. The number of guanidine groups is 1. The van der Waals surface area contributed by atoms with Crippen LogP contribution < -0.4 is 21.3 Å². The van der Waals surface area contributed by atoms with Gasteiger partial charge in [0, 0.05) is 32.3 Å². The van der Waals surface area contributed by atoms with Crippen LogP contribution in [0.3, 0.4) is 0 Å². The quantitative estimate of drug-likeness (QED) is 0.277. The van der Waals surface area contributed by atoms with E-state index in [2.05, 4.69) is 26.3 Å². The molecule has 9 nitrogen and oxygen atoms in total. The van der Waals surface area contributed by atoms with Gasteiger partial charge in [-0.25, -0.2) is 9.79 Å². The predicted molar refractivity (Wildman–Crippen MR) is 109 cm³/mol. The van der Waals surface area contributed by atoms with E-state index in [1.165, 1.54) is 0 Å². The molecule has 1 aliphatic rings. The van der Waals surface area contributed by atoms with Crippen molar-refractivity contribution in [1.29, 1.82) is 0 Å². The largest absolute Gasteiger partial charge is 0.444 e. The summed E-state index contributed by atoms with van der Waals surface area (Å²) >= 11 is 0. The zero-order valence-electron chi connectivity index (χ0n) is 17.9. The van der Waals surface area contributed by atoms with Crippen LogP contribution in [0.5, 0.6) is 0 Å². The number of aliphatic imine (C=N–C) groups is 1. The molecule has 9 heteroatoms. The molecule has 0 saturated heterocycles. The minimum Gasteiger partial charge on any atom is -0.444 e. The van der Waals surface area contributed by atoms with Gasteiger partial charge in [-0.05, 0) is 53.4 Å². The Morgan fingerprint density at radius 3 is 2.18 bits per heavy atom. The molecule has 1 rings (SSSR count). The fraction of sp³-hybridized carbons (Fsp3) is 0.842. The van der Waals surface area contributed by atoms with E-state index in [9.17, 15) is 9.59 Å². The van der Waals surface area contributed by atoms with Crippen molar-refractivity contribution in [3.8, 4) is 0 Å². The van der Waals surface area contributed by atoms with Crippen molar-refractivity contribution >= 4 is 18.0 Å². The van der Waals surface area contributed by atoms with Gasteiger partial charge in [-0.15, -0.1) is 0 Å². The van der Waals surface area contributed by atoms with E-state index in [1.807, 2.05) is 27.7 Å². The van der Waals surface area contributed by atoms with Crippen LogP contribution in [0.2, 0.25) is 0 Å². The molecule has 0 heterocycles. The highest BCUT2D eigenvalue weighted by atomic mass is 16.6. The average Bonchev–Trinajstić information content (AvgIpc) is 2.60. The summed E-state index contributed by atoms with van der Waals surface area (Å²) in [5, 5.41) is 12.2. The van der Waals surface area contributed by atoms with Crippen molar-refractivity contribution in [2.45, 2.75) is 71.1 Å². The zero-order valence-corrected chi connectivity index (χ0v) is 17.9. The average molecular weight is 400 g/mol. The lowest BCUT2D eigenvalue weighted by molar-refractivity contribution is -0.119. The Morgan fingerprint density at radius 2 is 1.64 bits per heavy atom. The SMILES string of the molecule is CCNC(=NCC(=O)NCCOC)NC1CCC(NC(=O)OC(C)(C)C)CC1. The van der Waals surface area contributed by atoms with Crippen molar-refractivity contribution in [3.05, 3.63) is 0 Å². The summed E-state index contributed by atoms with van der Waals surface area (Å²) in [6.07, 6.45) is 3.19. The van der Waals surface area contributed by atoms with Gasteiger partial charge in [-0.1, -0.05) is 0 Å². The Kier molecular flexibility index (Phi) is 10.7. The monoisotopic (exact) mass is 399 g/mol. The highest BCUT2D eigenvalue weighted by Gasteiger charge is 2.25. The number of ether oxygens (including phenoxy) is 2. The molecule has 0 aromatic heterocycles. The second-order valence-electron chi connectivity index (χ2n) is 7.88. The van der Waals surface area contributed by atoms with E-state index in [4.69, 9.17) is 9.47 Å². The van der Waals surface area contributed by atoms with Crippen molar-refractivity contribution < 1.29 is 19.1 Å². The van der Waals surface area contributed by atoms with Crippen LogP contribution in [0.15, 0.2) is 4.99 Å². The summed E-state index contributed by atoms with van der Waals surface area (Å²) in [5.74, 6) is 0.493. The maximum absolute atomic E-state index is 11.9. The van der Waals surface area contributed by atoms with Crippen molar-refractivity contribution in [2.24, 2.45) is 4.99 Å². The molecule has 1 aliphatic carbocycles. The van der Waals surface area contributed by atoms with Crippen molar-refractivity contribution in [3.63, 3.8) is 0 Å². The molecule has 0 unspecified atom stereocenters. The maximum Gasteiger partial charge on any atom is 0.407 e. The molecule has 0 radical (unpaired) electrons. The molecular formula is C19H37N5O4. The molecule has 1 saturated carbocycles. The second kappa shape index (κ2) is 12.4. The van der Waals surface area contributed by atoms with Crippen molar-refractivity contribution in [1.82, 2.24) is 21.3 Å². The van der Waals surface area contributed by atoms with Gasteiger partial charge in [0.25, 0.3) is 0 Å². The minimum atomic E-state index is -0.490. The number of rotatable bonds is 8. The van der Waals surface area contributed by atoms with Crippen LogP contribution in [-0.4, -0.2) is 69.0 Å². The number of amides is 2. The third kappa shape index (κ3) is 11.0. The van der Waals surface area contributed by atoms with Crippen molar-refractivity contribution in [2.75, 3.05) is 33.4 Å². The first-order valence-electron chi connectivity index (χ1n) is 10.0. The lowest BCUT2D eigenvalue weighted by atomic mass is 9.91. The number of carbonyl (C=O) groups excluding carboxylic acids is 2. The topological polar surface area (TPSA) is 113 Å².